The molecule has 194 valence electrons. The van der Waals surface area contributed by atoms with Crippen LogP contribution in [0.4, 0.5) is 0 Å². The van der Waals surface area contributed by atoms with Gasteiger partial charge in [-0.05, 0) is 24.5 Å². The van der Waals surface area contributed by atoms with Crippen LogP contribution < -0.4 is 0 Å². The van der Waals surface area contributed by atoms with E-state index in [0.717, 1.165) is 19.3 Å². The van der Waals surface area contributed by atoms with Crippen molar-refractivity contribution < 1.29 is 9.59 Å². The van der Waals surface area contributed by atoms with Crippen LogP contribution in [0, 0.1) is 5.92 Å². The highest BCUT2D eigenvalue weighted by Gasteiger charge is 2.26. The summed E-state index contributed by atoms with van der Waals surface area (Å²) in [6, 6.07) is 10.2. The zero-order valence-electron chi connectivity index (χ0n) is 22.0. The minimum Gasteiger partial charge on any atom is -0.294 e. The van der Waals surface area contributed by atoms with E-state index in [2.05, 4.69) is 35.0 Å². The van der Waals surface area contributed by atoms with Crippen LogP contribution in [0.2, 0.25) is 0 Å². The van der Waals surface area contributed by atoms with E-state index < -0.39 is 0 Å². The highest BCUT2D eigenvalue weighted by molar-refractivity contribution is 9.09. The lowest BCUT2D eigenvalue weighted by atomic mass is 9.88. The summed E-state index contributed by atoms with van der Waals surface area (Å²) in [7, 11) is 0. The molecule has 1 aliphatic carbocycles. The molecule has 0 radical (unpaired) electrons. The number of benzene rings is 1. The van der Waals surface area contributed by atoms with Crippen LogP contribution in [0.15, 0.2) is 54.1 Å². The molecule has 1 aliphatic rings. The van der Waals surface area contributed by atoms with E-state index in [4.69, 9.17) is 0 Å². The number of alkyl halides is 1. The Morgan fingerprint density at radius 2 is 1.31 bits per heavy atom. The van der Waals surface area contributed by atoms with Gasteiger partial charge in [-0.1, -0.05) is 155 Å². The number of unbranched alkanes of at least 4 members (excludes halogenated alkanes) is 14. The number of halogens is 1. The Labute approximate surface area is 223 Å². The molecule has 35 heavy (non-hydrogen) atoms. The molecule has 2 rings (SSSR count). The molecule has 0 aromatic heterocycles. The topological polar surface area (TPSA) is 34.1 Å². The number of ketones is 2. The Kier molecular flexibility index (Phi) is 15.9. The predicted octanol–water partition coefficient (Wildman–Crippen LogP) is 9.50. The minimum atomic E-state index is -0.211. The van der Waals surface area contributed by atoms with Crippen molar-refractivity contribution in [2.24, 2.45) is 5.92 Å². The first kappa shape index (κ1) is 29.7. The fraction of sp³-hybridized carbons (Fsp3) is 0.625. The smallest absolute Gasteiger partial charge is 0.164 e. The normalized spacial score (nSPS) is 16.3. The zero-order valence-corrected chi connectivity index (χ0v) is 23.6. The van der Waals surface area contributed by atoms with Crippen molar-refractivity contribution >= 4 is 27.5 Å². The molecule has 1 aromatic carbocycles. The summed E-state index contributed by atoms with van der Waals surface area (Å²) >= 11 is 3.69. The maximum absolute atomic E-state index is 12.6. The van der Waals surface area contributed by atoms with Gasteiger partial charge in [0.15, 0.2) is 11.6 Å². The third-order valence-corrected chi connectivity index (χ3v) is 8.00. The lowest BCUT2D eigenvalue weighted by molar-refractivity contribution is -0.118. The molecule has 2 atom stereocenters. The fourth-order valence-electron chi connectivity index (χ4n) is 4.84. The first-order valence-electron chi connectivity index (χ1n) is 14.3. The molecule has 0 N–H and O–H groups in total. The van der Waals surface area contributed by atoms with Crippen LogP contribution in [0.25, 0.3) is 0 Å². The van der Waals surface area contributed by atoms with E-state index >= 15 is 0 Å². The van der Waals surface area contributed by atoms with E-state index in [-0.39, 0.29) is 22.3 Å². The second-order valence-electron chi connectivity index (χ2n) is 10.2. The number of hydrogen-bond acceptors (Lipinski definition) is 2. The predicted molar refractivity (Wildman–Crippen MR) is 153 cm³/mol. The SMILES string of the molecule is CCCCCCCCCCCCCCCCCC(=O)C1=CC(=O)C(C(Br)Cc2ccccc2)C=C1. The number of hydrogen-bond donors (Lipinski definition) is 0. The van der Waals surface area contributed by atoms with Gasteiger partial charge in [-0.25, -0.2) is 0 Å². The molecule has 0 saturated heterocycles. The van der Waals surface area contributed by atoms with Gasteiger partial charge in [-0.2, -0.15) is 0 Å². The quantitative estimate of drug-likeness (QED) is 0.121. The van der Waals surface area contributed by atoms with E-state index in [0.29, 0.717) is 12.0 Å². The van der Waals surface area contributed by atoms with Crippen molar-refractivity contribution in [2.75, 3.05) is 0 Å². The number of carbonyl (C=O) groups is 2. The number of allylic oxidation sites excluding steroid dienone is 4. The Balaban J connectivity index is 1.48. The molecule has 0 bridgehead atoms. The zero-order chi connectivity index (χ0) is 25.1. The molecule has 2 nitrogen and oxygen atoms in total. The monoisotopic (exact) mass is 542 g/mol. The van der Waals surface area contributed by atoms with Crippen molar-refractivity contribution in [1.82, 2.24) is 0 Å². The van der Waals surface area contributed by atoms with Gasteiger partial charge >= 0.3 is 0 Å². The third-order valence-electron chi connectivity index (χ3n) is 7.10. The first-order chi connectivity index (χ1) is 17.1. The molecular weight excluding hydrogens is 496 g/mol. The molecular formula is C32H47BrO2. The lowest BCUT2D eigenvalue weighted by Crippen LogP contribution is -2.25. The van der Waals surface area contributed by atoms with Crippen LogP contribution in [0.3, 0.4) is 0 Å². The minimum absolute atomic E-state index is 0.0325. The van der Waals surface area contributed by atoms with Crippen LogP contribution >= 0.6 is 15.9 Å². The summed E-state index contributed by atoms with van der Waals surface area (Å²) in [6.45, 7) is 2.28. The summed E-state index contributed by atoms with van der Waals surface area (Å²) in [4.78, 5) is 25.2. The second-order valence-corrected chi connectivity index (χ2v) is 11.4. The highest BCUT2D eigenvalue weighted by atomic mass is 79.9. The van der Waals surface area contributed by atoms with Crippen molar-refractivity contribution in [2.45, 2.75) is 121 Å². The maximum Gasteiger partial charge on any atom is 0.164 e. The van der Waals surface area contributed by atoms with Crippen LogP contribution in [-0.4, -0.2) is 16.4 Å². The van der Waals surface area contributed by atoms with Crippen LogP contribution in [-0.2, 0) is 16.0 Å². The van der Waals surface area contributed by atoms with Gasteiger partial charge in [0.1, 0.15) is 0 Å². The molecule has 2 unspecified atom stereocenters. The van der Waals surface area contributed by atoms with E-state index in [1.807, 2.05) is 30.4 Å². The molecule has 1 aromatic rings. The van der Waals surface area contributed by atoms with E-state index in [9.17, 15) is 9.59 Å². The summed E-state index contributed by atoms with van der Waals surface area (Å²) in [5, 5.41) is 0. The van der Waals surface area contributed by atoms with Gasteiger partial charge in [0.2, 0.25) is 0 Å². The van der Waals surface area contributed by atoms with Gasteiger partial charge in [0.25, 0.3) is 0 Å². The number of rotatable bonds is 20. The van der Waals surface area contributed by atoms with Crippen LogP contribution in [0.5, 0.6) is 0 Å². The second kappa shape index (κ2) is 18.7. The van der Waals surface area contributed by atoms with Gasteiger partial charge in [0, 0.05) is 16.8 Å². The summed E-state index contributed by atoms with van der Waals surface area (Å²) in [5.41, 5.74) is 1.78. The third kappa shape index (κ3) is 12.9. The fourth-order valence-corrected chi connectivity index (χ4v) is 5.65. The molecule has 0 spiro atoms. The van der Waals surface area contributed by atoms with Crippen molar-refractivity contribution in [1.29, 1.82) is 0 Å². The molecule has 0 fully saturated rings. The molecule has 0 saturated carbocycles. The van der Waals surface area contributed by atoms with E-state index in [1.54, 1.807) is 6.08 Å². The Morgan fingerprint density at radius 3 is 1.83 bits per heavy atom. The maximum atomic E-state index is 12.6. The average molecular weight is 544 g/mol. The number of carbonyl (C=O) groups excluding carboxylic acids is 2. The first-order valence-corrected chi connectivity index (χ1v) is 15.2. The van der Waals surface area contributed by atoms with Crippen molar-refractivity contribution in [3.05, 3.63) is 59.7 Å². The highest BCUT2D eigenvalue weighted by Crippen LogP contribution is 2.26. The van der Waals surface area contributed by atoms with Gasteiger partial charge < -0.3 is 0 Å². The van der Waals surface area contributed by atoms with Gasteiger partial charge in [-0.3, -0.25) is 9.59 Å². The Bertz CT molecular complexity index is 780. The van der Waals surface area contributed by atoms with Crippen LogP contribution in [0.1, 0.15) is 115 Å². The van der Waals surface area contributed by atoms with E-state index in [1.165, 1.54) is 89.0 Å². The van der Waals surface area contributed by atoms with Gasteiger partial charge in [0.05, 0.1) is 5.92 Å². The van der Waals surface area contributed by atoms with Gasteiger partial charge in [-0.15, -0.1) is 0 Å². The summed E-state index contributed by atoms with van der Waals surface area (Å²) < 4.78 is 0. The summed E-state index contributed by atoms with van der Waals surface area (Å²) in [5.74, 6) is -0.0698. The molecule has 0 heterocycles. The van der Waals surface area contributed by atoms with Crippen molar-refractivity contribution in [3.8, 4) is 0 Å². The molecule has 0 aliphatic heterocycles. The Morgan fingerprint density at radius 1 is 0.800 bits per heavy atom. The standard InChI is InChI=1S/C32H47BrO2/c1-2-3-4-5-6-7-8-9-10-11-12-13-14-15-19-22-31(34)28-23-24-29(32(35)26-28)30(33)25-27-20-17-16-18-21-27/h16-18,20-21,23-24,26,29-30H,2-15,19,22,25H2,1H3. The number of Topliss-reactive ketones (excluding diaryl/α,β-unsaturated/α-hetero) is 1. The summed E-state index contributed by atoms with van der Waals surface area (Å²) in [6.07, 6.45) is 26.5. The van der Waals surface area contributed by atoms with Crippen molar-refractivity contribution in [3.63, 3.8) is 0 Å². The molecule has 0 amide bonds. The average Bonchev–Trinajstić information content (AvgIpc) is 2.86. The lowest BCUT2D eigenvalue weighted by Gasteiger charge is -2.20. The Hall–Kier alpha value is -1.48. The largest absolute Gasteiger partial charge is 0.294 e. The molecule has 3 heteroatoms.